The lowest BCUT2D eigenvalue weighted by Gasteiger charge is -2.40. The lowest BCUT2D eigenvalue weighted by Crippen LogP contribution is -2.57. The number of nitrogens with one attached hydrogen (secondary N) is 1. The molecule has 1 atom stereocenters. The molecule has 234 valence electrons. The van der Waals surface area contributed by atoms with Crippen molar-refractivity contribution in [2.24, 2.45) is 0 Å². The minimum atomic E-state index is -0.469. The van der Waals surface area contributed by atoms with Crippen molar-refractivity contribution in [2.45, 2.75) is 32.0 Å². The van der Waals surface area contributed by atoms with E-state index >= 15 is 0 Å². The third-order valence-corrected chi connectivity index (χ3v) is 7.96. The molecule has 1 heterocycles. The molecule has 1 amide bonds. The van der Waals surface area contributed by atoms with E-state index < -0.39 is 12.1 Å². The smallest absolute Gasteiger partial charge is 0.407 e. The molecule has 1 aliphatic heterocycles. The maximum absolute atomic E-state index is 13.9. The number of alkyl carbamates (subject to hydrolysis) is 1. The second kappa shape index (κ2) is 16.4. The minimum absolute atomic E-state index is 0.223. The monoisotopic (exact) mass is 607 g/mol. The SMILES string of the molecule is COc1ccccc1CN1CCN(CCCNC(=O)OCc2ccccc2)[C@@H](C(=O)Oc2ccccc2Cc2ccccc2)C1. The molecule has 0 aromatic heterocycles. The van der Waals surface area contributed by atoms with Crippen LogP contribution in [0, 0.1) is 0 Å². The van der Waals surface area contributed by atoms with E-state index in [-0.39, 0.29) is 12.6 Å². The average Bonchev–Trinajstić information content (AvgIpc) is 3.08. The number of piperazine rings is 1. The van der Waals surface area contributed by atoms with Gasteiger partial charge < -0.3 is 19.5 Å². The van der Waals surface area contributed by atoms with Crippen molar-refractivity contribution in [3.05, 3.63) is 131 Å². The van der Waals surface area contributed by atoms with E-state index in [2.05, 4.69) is 33.3 Å². The molecule has 8 heteroatoms. The van der Waals surface area contributed by atoms with E-state index in [1.165, 1.54) is 0 Å². The summed E-state index contributed by atoms with van der Waals surface area (Å²) in [6.07, 6.45) is 0.887. The zero-order valence-corrected chi connectivity index (χ0v) is 25.8. The predicted octanol–water partition coefficient (Wildman–Crippen LogP) is 5.69. The Kier molecular flexibility index (Phi) is 11.6. The number of rotatable bonds is 13. The number of para-hydroxylation sites is 2. The summed E-state index contributed by atoms with van der Waals surface area (Å²) < 4.78 is 17.0. The normalized spacial score (nSPS) is 15.3. The Morgan fingerprint density at radius 2 is 1.42 bits per heavy atom. The van der Waals surface area contributed by atoms with Crippen LogP contribution in [0.1, 0.15) is 28.7 Å². The molecule has 1 saturated heterocycles. The molecule has 0 bridgehead atoms. The van der Waals surface area contributed by atoms with Gasteiger partial charge in [-0.15, -0.1) is 0 Å². The van der Waals surface area contributed by atoms with Crippen molar-refractivity contribution < 1.29 is 23.8 Å². The van der Waals surface area contributed by atoms with Crippen LogP contribution in [0.4, 0.5) is 4.79 Å². The van der Waals surface area contributed by atoms with Crippen LogP contribution in [0.15, 0.2) is 109 Å². The van der Waals surface area contributed by atoms with Gasteiger partial charge in [-0.25, -0.2) is 9.59 Å². The molecule has 4 aromatic carbocycles. The second-order valence-corrected chi connectivity index (χ2v) is 11.1. The Labute approximate surface area is 265 Å². The number of methoxy groups -OCH3 is 1. The van der Waals surface area contributed by atoms with Gasteiger partial charge in [-0.3, -0.25) is 9.80 Å². The van der Waals surface area contributed by atoms with Gasteiger partial charge >= 0.3 is 12.1 Å². The van der Waals surface area contributed by atoms with Crippen molar-refractivity contribution in [1.82, 2.24) is 15.1 Å². The number of amides is 1. The zero-order valence-electron chi connectivity index (χ0n) is 25.8. The van der Waals surface area contributed by atoms with Gasteiger partial charge in [0.25, 0.3) is 0 Å². The van der Waals surface area contributed by atoms with Crippen LogP contribution in [0.3, 0.4) is 0 Å². The molecule has 8 nitrogen and oxygen atoms in total. The highest BCUT2D eigenvalue weighted by molar-refractivity contribution is 5.79. The number of nitrogens with zero attached hydrogens (tertiary/aromatic N) is 2. The highest BCUT2D eigenvalue weighted by Gasteiger charge is 2.34. The molecule has 0 radical (unpaired) electrons. The summed E-state index contributed by atoms with van der Waals surface area (Å²) in [5.74, 6) is 1.13. The highest BCUT2D eigenvalue weighted by Crippen LogP contribution is 2.25. The summed E-state index contributed by atoms with van der Waals surface area (Å²) in [5.41, 5.74) is 4.12. The first-order valence-electron chi connectivity index (χ1n) is 15.5. The Morgan fingerprint density at radius 1 is 0.778 bits per heavy atom. The molecule has 1 aliphatic rings. The quantitative estimate of drug-likeness (QED) is 0.119. The average molecular weight is 608 g/mol. The predicted molar refractivity (Wildman–Crippen MR) is 174 cm³/mol. The lowest BCUT2D eigenvalue weighted by atomic mass is 10.0. The van der Waals surface area contributed by atoms with Crippen LogP contribution in [0.5, 0.6) is 11.5 Å². The minimum Gasteiger partial charge on any atom is -0.496 e. The van der Waals surface area contributed by atoms with Crippen LogP contribution in [0.25, 0.3) is 0 Å². The van der Waals surface area contributed by atoms with Crippen molar-refractivity contribution in [3.63, 3.8) is 0 Å². The summed E-state index contributed by atoms with van der Waals surface area (Å²) in [7, 11) is 1.68. The Morgan fingerprint density at radius 3 is 2.16 bits per heavy atom. The molecule has 45 heavy (non-hydrogen) atoms. The molecule has 1 N–H and O–H groups in total. The summed E-state index contributed by atoms with van der Waals surface area (Å²) >= 11 is 0. The van der Waals surface area contributed by atoms with Gasteiger partial charge in [-0.05, 0) is 35.2 Å². The fourth-order valence-corrected chi connectivity index (χ4v) is 5.57. The van der Waals surface area contributed by atoms with Gasteiger partial charge in [0.05, 0.1) is 7.11 Å². The molecule has 0 saturated carbocycles. The third kappa shape index (κ3) is 9.41. The zero-order chi connectivity index (χ0) is 31.3. The van der Waals surface area contributed by atoms with Gasteiger partial charge in [0.2, 0.25) is 0 Å². The topological polar surface area (TPSA) is 80.3 Å². The van der Waals surface area contributed by atoms with Gasteiger partial charge in [0.15, 0.2) is 0 Å². The van der Waals surface area contributed by atoms with Crippen LogP contribution >= 0.6 is 0 Å². The Hall–Kier alpha value is -4.66. The number of ether oxygens (including phenoxy) is 3. The summed E-state index contributed by atoms with van der Waals surface area (Å²) in [6, 6.07) is 35.0. The van der Waals surface area contributed by atoms with Crippen molar-refractivity contribution in [3.8, 4) is 11.5 Å². The molecule has 4 aromatic rings. The molecule has 0 aliphatic carbocycles. The van der Waals surface area contributed by atoms with Gasteiger partial charge in [-0.2, -0.15) is 0 Å². The number of carbonyl (C=O) groups excluding carboxylic acids is 2. The molecule has 0 unspecified atom stereocenters. The van der Waals surface area contributed by atoms with Crippen LogP contribution in [-0.2, 0) is 29.1 Å². The summed E-state index contributed by atoms with van der Waals surface area (Å²) in [6.45, 7) is 3.97. The maximum Gasteiger partial charge on any atom is 0.407 e. The summed E-state index contributed by atoms with van der Waals surface area (Å²) in [5, 5.41) is 2.83. The lowest BCUT2D eigenvalue weighted by molar-refractivity contribution is -0.143. The number of esters is 1. The first kappa shape index (κ1) is 31.8. The number of carbonyl (C=O) groups is 2. The van der Waals surface area contributed by atoms with Crippen LogP contribution in [-0.4, -0.2) is 67.7 Å². The highest BCUT2D eigenvalue weighted by atomic mass is 16.5. The van der Waals surface area contributed by atoms with E-state index in [9.17, 15) is 9.59 Å². The number of hydrogen-bond acceptors (Lipinski definition) is 7. The Balaban J connectivity index is 1.22. The second-order valence-electron chi connectivity index (χ2n) is 11.1. The molecular formula is C37H41N3O5. The van der Waals surface area contributed by atoms with E-state index in [1.54, 1.807) is 7.11 Å². The van der Waals surface area contributed by atoms with Gasteiger partial charge in [0.1, 0.15) is 24.1 Å². The van der Waals surface area contributed by atoms with E-state index in [4.69, 9.17) is 14.2 Å². The van der Waals surface area contributed by atoms with Crippen molar-refractivity contribution >= 4 is 12.1 Å². The fraction of sp³-hybridized carbons (Fsp3) is 0.297. The van der Waals surface area contributed by atoms with Gasteiger partial charge in [-0.1, -0.05) is 97.1 Å². The summed E-state index contributed by atoms with van der Waals surface area (Å²) in [4.78, 5) is 30.5. The first-order chi connectivity index (χ1) is 22.1. The maximum atomic E-state index is 13.9. The van der Waals surface area contributed by atoms with Crippen LogP contribution in [0.2, 0.25) is 0 Å². The fourth-order valence-electron chi connectivity index (χ4n) is 5.57. The van der Waals surface area contributed by atoms with Crippen molar-refractivity contribution in [1.29, 1.82) is 0 Å². The largest absolute Gasteiger partial charge is 0.496 e. The molecule has 1 fully saturated rings. The molecule has 0 spiro atoms. The number of benzene rings is 4. The number of hydrogen-bond donors (Lipinski definition) is 1. The Bertz CT molecular complexity index is 1520. The van der Waals surface area contributed by atoms with E-state index in [0.29, 0.717) is 51.3 Å². The first-order valence-corrected chi connectivity index (χ1v) is 15.5. The standard InChI is InChI=1S/C37H41N3O5/c1-43-34-19-10-9-18-32(34)26-39-23-24-40(22-12-21-38-37(42)44-28-30-15-6-3-7-16-30)33(27-39)36(41)45-35-20-11-8-17-31(35)25-29-13-4-2-5-14-29/h2-11,13-20,33H,12,21-28H2,1H3,(H,38,42)/t33-/m1/s1. The van der Waals surface area contributed by atoms with E-state index in [1.807, 2.05) is 91.0 Å². The van der Waals surface area contributed by atoms with Crippen LogP contribution < -0.4 is 14.8 Å². The third-order valence-electron chi connectivity index (χ3n) is 7.96. The van der Waals surface area contributed by atoms with Gasteiger partial charge in [0, 0.05) is 51.3 Å². The molecule has 5 rings (SSSR count). The molecular weight excluding hydrogens is 566 g/mol. The van der Waals surface area contributed by atoms with E-state index in [0.717, 1.165) is 34.5 Å². The van der Waals surface area contributed by atoms with Crippen molar-refractivity contribution in [2.75, 3.05) is 39.8 Å².